The number of rotatable bonds is 8. The van der Waals surface area contributed by atoms with Crippen molar-refractivity contribution in [3.05, 3.63) is 95.2 Å². The highest BCUT2D eigenvalue weighted by Crippen LogP contribution is 2.49. The van der Waals surface area contributed by atoms with E-state index in [0.29, 0.717) is 24.7 Å². The van der Waals surface area contributed by atoms with Gasteiger partial charge in [0.25, 0.3) is 5.91 Å². The first kappa shape index (κ1) is 29.4. The SMILES string of the molecule is CCCOc1ccc([C@H]2CN3C(=O)CN(C4CCN(Cc5ccccc5)CC4)C(=O)[C@]3(C)c3[nH]c4ccccc4c32)cc1OC. The quantitative estimate of drug-likeness (QED) is 0.280. The van der Waals surface area contributed by atoms with Crippen LogP contribution in [0.25, 0.3) is 10.9 Å². The Hall–Kier alpha value is -4.30. The molecule has 4 aromatic rings. The molecule has 234 valence electrons. The van der Waals surface area contributed by atoms with E-state index in [1.165, 1.54) is 5.56 Å². The second-order valence-corrected chi connectivity index (χ2v) is 12.8. The van der Waals surface area contributed by atoms with E-state index in [2.05, 4.69) is 59.3 Å². The predicted molar refractivity (Wildman–Crippen MR) is 174 cm³/mol. The number of nitrogens with one attached hydrogen (secondary N) is 1. The zero-order valence-electron chi connectivity index (χ0n) is 26.4. The third kappa shape index (κ3) is 5.05. The number of benzene rings is 3. The van der Waals surface area contributed by atoms with Crippen LogP contribution in [0.2, 0.25) is 0 Å². The van der Waals surface area contributed by atoms with Gasteiger partial charge in [-0.2, -0.15) is 0 Å². The fourth-order valence-electron chi connectivity index (χ4n) is 7.69. The Morgan fingerprint density at radius 1 is 0.956 bits per heavy atom. The number of ether oxygens (including phenoxy) is 2. The van der Waals surface area contributed by atoms with Gasteiger partial charge in [0.2, 0.25) is 5.91 Å². The van der Waals surface area contributed by atoms with Crippen molar-refractivity contribution in [2.24, 2.45) is 0 Å². The molecular formula is C37H42N4O4. The lowest BCUT2D eigenvalue weighted by atomic mass is 9.76. The molecule has 8 nitrogen and oxygen atoms in total. The fraction of sp³-hybridized carbons (Fsp3) is 0.405. The summed E-state index contributed by atoms with van der Waals surface area (Å²) in [6.07, 6.45) is 2.62. The minimum absolute atomic E-state index is 0.00649. The fourth-order valence-corrected chi connectivity index (χ4v) is 7.69. The van der Waals surface area contributed by atoms with Gasteiger partial charge in [0, 0.05) is 49.0 Å². The van der Waals surface area contributed by atoms with Crippen LogP contribution in [0.15, 0.2) is 72.8 Å². The van der Waals surface area contributed by atoms with Gasteiger partial charge in [0.15, 0.2) is 17.0 Å². The van der Waals surface area contributed by atoms with E-state index in [9.17, 15) is 9.59 Å². The van der Waals surface area contributed by atoms with Crippen molar-refractivity contribution in [1.29, 1.82) is 0 Å². The molecule has 3 aliphatic heterocycles. The molecule has 0 radical (unpaired) electrons. The normalized spacial score (nSPS) is 22.4. The number of aromatic nitrogens is 1. The van der Waals surface area contributed by atoms with Crippen LogP contribution < -0.4 is 9.47 Å². The van der Waals surface area contributed by atoms with Crippen LogP contribution in [-0.4, -0.2) is 77.4 Å². The molecule has 4 heterocycles. The van der Waals surface area contributed by atoms with Gasteiger partial charge in [-0.05, 0) is 61.1 Å². The van der Waals surface area contributed by atoms with E-state index >= 15 is 0 Å². The molecular weight excluding hydrogens is 564 g/mol. The first-order valence-electron chi connectivity index (χ1n) is 16.2. The Balaban J connectivity index is 1.22. The molecule has 3 aliphatic rings. The average Bonchev–Trinajstić information content (AvgIpc) is 3.47. The summed E-state index contributed by atoms with van der Waals surface area (Å²) in [4.78, 5) is 38.6. The Morgan fingerprint density at radius 2 is 1.71 bits per heavy atom. The van der Waals surface area contributed by atoms with Gasteiger partial charge in [-0.1, -0.05) is 61.5 Å². The lowest BCUT2D eigenvalue weighted by Crippen LogP contribution is -2.69. The van der Waals surface area contributed by atoms with Crippen molar-refractivity contribution in [3.8, 4) is 11.5 Å². The van der Waals surface area contributed by atoms with Crippen molar-refractivity contribution in [2.75, 3.05) is 39.9 Å². The van der Waals surface area contributed by atoms with Gasteiger partial charge in [-0.25, -0.2) is 0 Å². The Morgan fingerprint density at radius 3 is 2.47 bits per heavy atom. The number of piperazine rings is 1. The number of piperidine rings is 1. The number of hydrogen-bond donors (Lipinski definition) is 1. The highest BCUT2D eigenvalue weighted by atomic mass is 16.5. The molecule has 2 fully saturated rings. The van der Waals surface area contributed by atoms with Gasteiger partial charge in [0.05, 0.1) is 19.4 Å². The monoisotopic (exact) mass is 606 g/mol. The Bertz CT molecular complexity index is 1710. The molecule has 0 saturated carbocycles. The minimum Gasteiger partial charge on any atom is -0.493 e. The largest absolute Gasteiger partial charge is 0.493 e. The van der Waals surface area contributed by atoms with Crippen LogP contribution >= 0.6 is 0 Å². The van der Waals surface area contributed by atoms with E-state index in [4.69, 9.17) is 9.47 Å². The number of aromatic amines is 1. The van der Waals surface area contributed by atoms with Crippen molar-refractivity contribution in [1.82, 2.24) is 19.7 Å². The van der Waals surface area contributed by atoms with Gasteiger partial charge in [0.1, 0.15) is 6.54 Å². The molecule has 0 spiro atoms. The summed E-state index contributed by atoms with van der Waals surface area (Å²) in [6, 6.07) is 24.8. The smallest absolute Gasteiger partial charge is 0.255 e. The zero-order valence-corrected chi connectivity index (χ0v) is 26.4. The first-order valence-corrected chi connectivity index (χ1v) is 16.2. The molecule has 0 bridgehead atoms. The first-order chi connectivity index (χ1) is 21.9. The number of hydrogen-bond acceptors (Lipinski definition) is 5. The summed E-state index contributed by atoms with van der Waals surface area (Å²) in [6.45, 7) is 7.86. The summed E-state index contributed by atoms with van der Waals surface area (Å²) in [5.41, 5.74) is 4.07. The standard InChI is InChI=1S/C37H42N4O4/c1-4-20-45-31-15-14-26(21-32(31)44-3)29-23-41-33(42)24-40(27-16-18-39(19-17-27)22-25-10-6-5-7-11-25)36(43)37(41,2)35-34(29)28-12-8-9-13-30(28)38-35/h5-15,21,27,29,38H,4,16-20,22-24H2,1-3H3/t29-,37+/m1/s1. The average molecular weight is 607 g/mol. The van der Waals surface area contributed by atoms with Gasteiger partial charge >= 0.3 is 0 Å². The summed E-state index contributed by atoms with van der Waals surface area (Å²) in [7, 11) is 1.65. The van der Waals surface area contributed by atoms with Gasteiger partial charge < -0.3 is 24.3 Å². The maximum absolute atomic E-state index is 14.7. The number of methoxy groups -OCH3 is 1. The number of nitrogens with zero attached hydrogens (tertiary/aromatic N) is 3. The molecule has 1 N–H and O–H groups in total. The summed E-state index contributed by atoms with van der Waals surface area (Å²) in [5, 5.41) is 1.08. The molecule has 45 heavy (non-hydrogen) atoms. The van der Waals surface area contributed by atoms with E-state index in [1.807, 2.05) is 47.1 Å². The van der Waals surface area contributed by atoms with Gasteiger partial charge in [-0.15, -0.1) is 0 Å². The van der Waals surface area contributed by atoms with E-state index < -0.39 is 5.54 Å². The molecule has 0 aliphatic carbocycles. The topological polar surface area (TPSA) is 78.1 Å². The van der Waals surface area contributed by atoms with Crippen LogP contribution in [-0.2, 0) is 21.7 Å². The number of para-hydroxylation sites is 1. The van der Waals surface area contributed by atoms with Crippen LogP contribution in [0.1, 0.15) is 61.4 Å². The van der Waals surface area contributed by atoms with Crippen molar-refractivity contribution < 1.29 is 19.1 Å². The molecule has 0 unspecified atom stereocenters. The maximum Gasteiger partial charge on any atom is 0.255 e. The second kappa shape index (κ2) is 11.9. The number of carbonyl (C=O) groups excluding carboxylic acids is 2. The third-order valence-electron chi connectivity index (χ3n) is 10.1. The predicted octanol–water partition coefficient (Wildman–Crippen LogP) is 5.66. The maximum atomic E-state index is 14.7. The highest BCUT2D eigenvalue weighted by Gasteiger charge is 2.57. The summed E-state index contributed by atoms with van der Waals surface area (Å²) < 4.78 is 11.7. The van der Waals surface area contributed by atoms with Crippen LogP contribution in [0.4, 0.5) is 0 Å². The Labute approximate surface area is 264 Å². The van der Waals surface area contributed by atoms with Crippen LogP contribution in [0.5, 0.6) is 11.5 Å². The zero-order chi connectivity index (χ0) is 31.1. The minimum atomic E-state index is -1.12. The lowest BCUT2D eigenvalue weighted by molar-refractivity contribution is -0.169. The number of carbonyl (C=O) groups is 2. The molecule has 2 saturated heterocycles. The lowest BCUT2D eigenvalue weighted by Gasteiger charge is -2.53. The van der Waals surface area contributed by atoms with Crippen molar-refractivity contribution in [2.45, 2.75) is 57.2 Å². The molecule has 7 rings (SSSR count). The third-order valence-corrected chi connectivity index (χ3v) is 10.1. The number of H-pyrrole nitrogens is 1. The molecule has 2 atom stereocenters. The van der Waals surface area contributed by atoms with Crippen LogP contribution in [0.3, 0.4) is 0 Å². The number of fused-ring (bicyclic) bond motifs is 5. The van der Waals surface area contributed by atoms with E-state index in [0.717, 1.165) is 66.6 Å². The molecule has 3 aromatic carbocycles. The summed E-state index contributed by atoms with van der Waals surface area (Å²) in [5.74, 6) is 1.24. The van der Waals surface area contributed by atoms with Crippen molar-refractivity contribution >= 4 is 22.7 Å². The highest BCUT2D eigenvalue weighted by molar-refractivity contribution is 6.01. The number of likely N-dealkylation sites (tertiary alicyclic amines) is 1. The van der Waals surface area contributed by atoms with E-state index in [1.54, 1.807) is 7.11 Å². The molecule has 1 aromatic heterocycles. The summed E-state index contributed by atoms with van der Waals surface area (Å²) >= 11 is 0. The van der Waals surface area contributed by atoms with Gasteiger partial charge in [-0.3, -0.25) is 14.5 Å². The van der Waals surface area contributed by atoms with Crippen LogP contribution in [0, 0.1) is 0 Å². The molecule has 2 amide bonds. The number of amides is 2. The van der Waals surface area contributed by atoms with Crippen molar-refractivity contribution in [3.63, 3.8) is 0 Å². The second-order valence-electron chi connectivity index (χ2n) is 12.8. The van der Waals surface area contributed by atoms with E-state index in [-0.39, 0.29) is 30.3 Å². The molecule has 8 heteroatoms. The Kier molecular flexibility index (Phi) is 7.78.